The van der Waals surface area contributed by atoms with Crippen molar-refractivity contribution in [2.24, 2.45) is 5.73 Å². The molecule has 112 valence electrons. The number of nitrogens with one attached hydrogen (secondary N) is 1. The molecule has 2 rings (SSSR count). The summed E-state index contributed by atoms with van der Waals surface area (Å²) in [5.74, 6) is 1.74. The maximum Gasteiger partial charge on any atom is 0.274 e. The van der Waals surface area contributed by atoms with E-state index in [4.69, 9.17) is 15.2 Å². The van der Waals surface area contributed by atoms with E-state index in [9.17, 15) is 4.79 Å². The number of methoxy groups -OCH3 is 2. The van der Waals surface area contributed by atoms with Gasteiger partial charge in [-0.05, 0) is 24.6 Å². The molecule has 0 aliphatic carbocycles. The predicted octanol–water partition coefficient (Wildman–Crippen LogP) is 0.793. The number of nitrogens with two attached hydrogens (primary N) is 1. The van der Waals surface area contributed by atoms with Crippen molar-refractivity contribution >= 4 is 0 Å². The highest BCUT2D eigenvalue weighted by Crippen LogP contribution is 2.28. The Morgan fingerprint density at radius 2 is 1.95 bits per heavy atom. The Bertz CT molecular complexity index is 682. The zero-order valence-corrected chi connectivity index (χ0v) is 12.2. The van der Waals surface area contributed by atoms with E-state index in [0.717, 1.165) is 5.56 Å². The lowest BCUT2D eigenvalue weighted by Gasteiger charge is -2.09. The van der Waals surface area contributed by atoms with Crippen molar-refractivity contribution in [1.82, 2.24) is 15.2 Å². The minimum Gasteiger partial charge on any atom is -0.493 e. The van der Waals surface area contributed by atoms with Gasteiger partial charge in [0.2, 0.25) is 0 Å². The number of aromatic nitrogens is 3. The summed E-state index contributed by atoms with van der Waals surface area (Å²) in [6, 6.07) is 5.06. The average molecular weight is 290 g/mol. The molecule has 0 saturated heterocycles. The number of H-pyrrole nitrogens is 1. The molecule has 0 amide bonds. The number of hydrogen-bond acceptors (Lipinski definition) is 6. The second kappa shape index (κ2) is 6.36. The summed E-state index contributed by atoms with van der Waals surface area (Å²) in [5.41, 5.74) is 6.47. The van der Waals surface area contributed by atoms with Crippen molar-refractivity contribution in [2.45, 2.75) is 19.4 Å². The quantitative estimate of drug-likeness (QED) is 0.844. The summed E-state index contributed by atoms with van der Waals surface area (Å²) in [5, 5.41) is 7.87. The molecule has 0 radical (unpaired) electrons. The van der Waals surface area contributed by atoms with E-state index in [1.54, 1.807) is 27.2 Å². The van der Waals surface area contributed by atoms with Gasteiger partial charge in [0.1, 0.15) is 11.5 Å². The number of nitrogens with zero attached hydrogens (tertiary/aromatic N) is 2. The summed E-state index contributed by atoms with van der Waals surface area (Å²) in [6.45, 7) is 1.69. The lowest BCUT2D eigenvalue weighted by atomic mass is 10.1. The Morgan fingerprint density at radius 1 is 1.24 bits per heavy atom. The third-order valence-corrected chi connectivity index (χ3v) is 3.02. The first-order valence-corrected chi connectivity index (χ1v) is 6.47. The second-order valence-electron chi connectivity index (χ2n) is 4.64. The van der Waals surface area contributed by atoms with Crippen LogP contribution in [0.15, 0.2) is 23.0 Å². The number of rotatable bonds is 5. The topological polar surface area (TPSA) is 103 Å². The van der Waals surface area contributed by atoms with Crippen LogP contribution >= 0.6 is 0 Å². The van der Waals surface area contributed by atoms with E-state index in [0.29, 0.717) is 23.7 Å². The molecule has 1 heterocycles. The molecule has 7 heteroatoms. The van der Waals surface area contributed by atoms with Gasteiger partial charge in [-0.1, -0.05) is 6.07 Å². The van der Waals surface area contributed by atoms with Crippen molar-refractivity contribution in [3.05, 3.63) is 45.6 Å². The van der Waals surface area contributed by atoms with E-state index in [-0.39, 0.29) is 11.3 Å². The third kappa shape index (κ3) is 3.38. The predicted molar refractivity (Wildman–Crippen MR) is 77.6 cm³/mol. The second-order valence-corrected chi connectivity index (χ2v) is 4.64. The van der Waals surface area contributed by atoms with Crippen LogP contribution < -0.4 is 20.8 Å². The number of hydrogen-bond donors (Lipinski definition) is 2. The summed E-state index contributed by atoms with van der Waals surface area (Å²) in [7, 11) is 3.15. The highest BCUT2D eigenvalue weighted by molar-refractivity contribution is 5.43. The van der Waals surface area contributed by atoms with Gasteiger partial charge in [-0.15, -0.1) is 10.2 Å². The monoisotopic (exact) mass is 290 g/mol. The van der Waals surface area contributed by atoms with Gasteiger partial charge in [0.05, 0.1) is 20.3 Å². The number of benzene rings is 1. The fourth-order valence-corrected chi connectivity index (χ4v) is 1.94. The Morgan fingerprint density at radius 3 is 2.52 bits per heavy atom. The molecule has 7 nitrogen and oxygen atoms in total. The molecule has 0 aliphatic rings. The molecule has 2 aromatic rings. The van der Waals surface area contributed by atoms with Crippen LogP contribution in [0.25, 0.3) is 0 Å². The summed E-state index contributed by atoms with van der Waals surface area (Å²) in [6.07, 6.45) is 0.432. The smallest absolute Gasteiger partial charge is 0.274 e. The maximum absolute atomic E-state index is 11.8. The molecular weight excluding hydrogens is 272 g/mol. The molecule has 3 N–H and O–H groups in total. The van der Waals surface area contributed by atoms with Crippen molar-refractivity contribution in [2.75, 3.05) is 14.2 Å². The van der Waals surface area contributed by atoms with Gasteiger partial charge in [-0.25, -0.2) is 0 Å². The van der Waals surface area contributed by atoms with Crippen LogP contribution in [-0.2, 0) is 6.42 Å². The van der Waals surface area contributed by atoms with E-state index in [1.807, 2.05) is 12.1 Å². The lowest BCUT2D eigenvalue weighted by Crippen LogP contribution is -2.24. The van der Waals surface area contributed by atoms with Gasteiger partial charge in [-0.3, -0.25) is 4.79 Å². The molecule has 0 saturated carbocycles. The molecule has 0 spiro atoms. The highest BCUT2D eigenvalue weighted by Gasteiger charge is 2.10. The molecular formula is C14H18N4O3. The molecule has 0 fully saturated rings. The Balaban J connectivity index is 2.26. The third-order valence-electron chi connectivity index (χ3n) is 3.02. The van der Waals surface area contributed by atoms with Crippen LogP contribution in [-0.4, -0.2) is 29.4 Å². The summed E-state index contributed by atoms with van der Waals surface area (Å²) >= 11 is 0. The molecule has 0 aliphatic heterocycles. The molecule has 0 unspecified atom stereocenters. The van der Waals surface area contributed by atoms with Gasteiger partial charge in [0, 0.05) is 6.42 Å². The SMILES string of the molecule is COc1ccc(Cc2nnc([C@H](C)N)c(=O)[nH]2)cc1OC. The zero-order chi connectivity index (χ0) is 15.4. The maximum atomic E-state index is 11.8. The van der Waals surface area contributed by atoms with Gasteiger partial charge >= 0.3 is 0 Å². The minimum absolute atomic E-state index is 0.228. The van der Waals surface area contributed by atoms with Crippen LogP contribution in [0.4, 0.5) is 0 Å². The first-order chi connectivity index (χ1) is 10.0. The largest absolute Gasteiger partial charge is 0.493 e. The Hall–Kier alpha value is -2.41. The fraction of sp³-hybridized carbons (Fsp3) is 0.357. The molecule has 1 aromatic carbocycles. The van der Waals surface area contributed by atoms with Gasteiger partial charge in [0.25, 0.3) is 5.56 Å². The van der Waals surface area contributed by atoms with Gasteiger partial charge < -0.3 is 20.2 Å². The van der Waals surface area contributed by atoms with E-state index in [1.165, 1.54) is 0 Å². The fourth-order valence-electron chi connectivity index (χ4n) is 1.94. The Kier molecular flexibility index (Phi) is 4.54. The Labute approximate surface area is 122 Å². The minimum atomic E-state index is -0.448. The number of ether oxygens (including phenoxy) is 2. The zero-order valence-electron chi connectivity index (χ0n) is 12.2. The van der Waals surface area contributed by atoms with Crippen molar-refractivity contribution in [3.63, 3.8) is 0 Å². The average Bonchev–Trinajstić information content (AvgIpc) is 2.46. The molecule has 1 atom stereocenters. The number of aromatic amines is 1. The van der Waals surface area contributed by atoms with Crippen LogP contribution in [0.1, 0.15) is 30.0 Å². The first kappa shape index (κ1) is 15.0. The van der Waals surface area contributed by atoms with Gasteiger partial charge in [0.15, 0.2) is 11.5 Å². The molecule has 0 bridgehead atoms. The van der Waals surface area contributed by atoms with Crippen LogP contribution in [0, 0.1) is 0 Å². The standard InChI is InChI=1S/C14H18N4O3/c1-8(15)13-14(19)16-12(17-18-13)7-9-4-5-10(20-2)11(6-9)21-3/h4-6,8H,7,15H2,1-3H3,(H,16,17,19)/t8-/m0/s1. The van der Waals surface area contributed by atoms with Crippen LogP contribution in [0.2, 0.25) is 0 Å². The van der Waals surface area contributed by atoms with Crippen LogP contribution in [0.5, 0.6) is 11.5 Å². The lowest BCUT2D eigenvalue weighted by molar-refractivity contribution is 0.354. The molecule has 21 heavy (non-hydrogen) atoms. The first-order valence-electron chi connectivity index (χ1n) is 6.47. The van der Waals surface area contributed by atoms with E-state index < -0.39 is 6.04 Å². The normalized spacial score (nSPS) is 12.0. The van der Waals surface area contributed by atoms with E-state index >= 15 is 0 Å². The van der Waals surface area contributed by atoms with Crippen LogP contribution in [0.3, 0.4) is 0 Å². The van der Waals surface area contributed by atoms with Crippen molar-refractivity contribution < 1.29 is 9.47 Å². The van der Waals surface area contributed by atoms with E-state index in [2.05, 4.69) is 15.2 Å². The van der Waals surface area contributed by atoms with Crippen molar-refractivity contribution in [3.8, 4) is 11.5 Å². The summed E-state index contributed by atoms with van der Waals surface area (Å²) < 4.78 is 10.4. The highest BCUT2D eigenvalue weighted by atomic mass is 16.5. The van der Waals surface area contributed by atoms with Crippen molar-refractivity contribution in [1.29, 1.82) is 0 Å². The molecule has 1 aromatic heterocycles. The van der Waals surface area contributed by atoms with Gasteiger partial charge in [-0.2, -0.15) is 0 Å². The summed E-state index contributed by atoms with van der Waals surface area (Å²) in [4.78, 5) is 14.5.